The lowest BCUT2D eigenvalue weighted by Crippen LogP contribution is -2.24. The third-order valence-electron chi connectivity index (χ3n) is 3.39. The van der Waals surface area contributed by atoms with Gasteiger partial charge in [0.1, 0.15) is 11.0 Å². The maximum absolute atomic E-state index is 12.1. The van der Waals surface area contributed by atoms with Crippen LogP contribution in [-0.4, -0.2) is 25.7 Å². The Balaban J connectivity index is 2.10. The third-order valence-corrected chi connectivity index (χ3v) is 5.56. The lowest BCUT2D eigenvalue weighted by Gasteiger charge is -2.21. The van der Waals surface area contributed by atoms with Crippen LogP contribution >= 0.6 is 0 Å². The molecule has 0 aromatic carbocycles. The summed E-state index contributed by atoms with van der Waals surface area (Å²) in [5.41, 5.74) is 0.733. The average Bonchev–Trinajstić information content (AvgIpc) is 2.76. The first-order valence-corrected chi connectivity index (χ1v) is 8.57. The van der Waals surface area contributed by atoms with Gasteiger partial charge in [0.2, 0.25) is 0 Å². The highest BCUT2D eigenvalue weighted by atomic mass is 32.2. The van der Waals surface area contributed by atoms with Crippen molar-refractivity contribution in [3.8, 4) is 0 Å². The minimum absolute atomic E-state index is 0.261. The highest BCUT2D eigenvalue weighted by molar-refractivity contribution is 7.91. The van der Waals surface area contributed by atoms with E-state index in [1.807, 2.05) is 0 Å². The Labute approximate surface area is 114 Å². The van der Waals surface area contributed by atoms with Crippen LogP contribution in [0.4, 0.5) is 0 Å². The molecule has 1 aliphatic heterocycles. The van der Waals surface area contributed by atoms with Gasteiger partial charge in [0, 0.05) is 6.54 Å². The molecule has 1 N–H and O–H groups in total. The Kier molecular flexibility index (Phi) is 4.62. The fourth-order valence-electron chi connectivity index (χ4n) is 2.40. The van der Waals surface area contributed by atoms with E-state index in [0.717, 1.165) is 25.1 Å². The van der Waals surface area contributed by atoms with Crippen molar-refractivity contribution in [3.05, 3.63) is 17.8 Å². The molecule has 0 saturated carbocycles. The van der Waals surface area contributed by atoms with Gasteiger partial charge in [0.15, 0.2) is 16.2 Å². The van der Waals surface area contributed by atoms with Gasteiger partial charge < -0.3 is 9.73 Å². The molecule has 108 valence electrons. The molecule has 1 unspecified atom stereocenters. The number of hydrogen-bond donors (Lipinski definition) is 1. The van der Waals surface area contributed by atoms with Crippen LogP contribution in [0.25, 0.3) is 0 Å². The molecule has 1 aliphatic rings. The van der Waals surface area contributed by atoms with Crippen LogP contribution in [-0.2, 0) is 16.4 Å². The Hall–Kier alpha value is -0.880. The normalized spacial score (nSPS) is 22.8. The summed E-state index contributed by atoms with van der Waals surface area (Å²) in [5, 5.41) is 2.78. The highest BCUT2D eigenvalue weighted by Crippen LogP contribution is 2.34. The van der Waals surface area contributed by atoms with E-state index in [-0.39, 0.29) is 5.75 Å². The summed E-state index contributed by atoms with van der Waals surface area (Å²) in [6.07, 6.45) is 3.69. The standard InChI is InChI=1S/C13H22N2O3S/c1-10(2)7-14-8-11-13(18-9-15-11)12-5-3-4-6-19(12,16)17/h9-10,12,14H,3-8H2,1-2H3. The summed E-state index contributed by atoms with van der Waals surface area (Å²) in [7, 11) is -3.07. The quantitative estimate of drug-likeness (QED) is 0.897. The average molecular weight is 286 g/mol. The zero-order valence-electron chi connectivity index (χ0n) is 11.6. The molecule has 1 saturated heterocycles. The van der Waals surface area contributed by atoms with Gasteiger partial charge in [-0.2, -0.15) is 0 Å². The summed E-state index contributed by atoms with van der Waals surface area (Å²) < 4.78 is 29.6. The van der Waals surface area contributed by atoms with Crippen LogP contribution in [0.2, 0.25) is 0 Å². The van der Waals surface area contributed by atoms with E-state index in [9.17, 15) is 8.42 Å². The monoisotopic (exact) mass is 286 g/mol. The van der Waals surface area contributed by atoms with E-state index in [1.54, 1.807) is 0 Å². The van der Waals surface area contributed by atoms with E-state index in [4.69, 9.17) is 4.42 Å². The summed E-state index contributed by atoms with van der Waals surface area (Å²) >= 11 is 0. The minimum atomic E-state index is -3.07. The molecule has 2 rings (SSSR count). The molecule has 0 spiro atoms. The van der Waals surface area contributed by atoms with Crippen LogP contribution in [0.3, 0.4) is 0 Å². The van der Waals surface area contributed by atoms with Gasteiger partial charge in [0.05, 0.1) is 11.4 Å². The number of sulfone groups is 1. The molecule has 0 amide bonds. The topological polar surface area (TPSA) is 72.2 Å². The molecule has 0 aliphatic carbocycles. The minimum Gasteiger partial charge on any atom is -0.447 e. The van der Waals surface area contributed by atoms with E-state index < -0.39 is 15.1 Å². The molecule has 1 aromatic heterocycles. The molecule has 1 fully saturated rings. The highest BCUT2D eigenvalue weighted by Gasteiger charge is 2.34. The summed E-state index contributed by atoms with van der Waals surface area (Å²) in [6, 6.07) is 0. The van der Waals surface area contributed by atoms with Gasteiger partial charge in [-0.3, -0.25) is 0 Å². The van der Waals surface area contributed by atoms with Gasteiger partial charge in [-0.05, 0) is 25.3 Å². The number of aromatic nitrogens is 1. The van der Waals surface area contributed by atoms with Gasteiger partial charge in [-0.15, -0.1) is 0 Å². The Morgan fingerprint density at radius 1 is 1.47 bits per heavy atom. The molecule has 1 atom stereocenters. The van der Waals surface area contributed by atoms with Gasteiger partial charge >= 0.3 is 0 Å². The van der Waals surface area contributed by atoms with Crippen LogP contribution < -0.4 is 5.32 Å². The maximum atomic E-state index is 12.1. The summed E-state index contributed by atoms with van der Waals surface area (Å²) in [6.45, 7) is 5.70. The van der Waals surface area contributed by atoms with Crippen LogP contribution in [0.1, 0.15) is 49.8 Å². The van der Waals surface area contributed by atoms with E-state index in [2.05, 4.69) is 24.1 Å². The number of nitrogens with zero attached hydrogens (tertiary/aromatic N) is 1. The molecule has 19 heavy (non-hydrogen) atoms. The molecular formula is C13H22N2O3S. The van der Waals surface area contributed by atoms with Crippen molar-refractivity contribution >= 4 is 9.84 Å². The first-order valence-electron chi connectivity index (χ1n) is 6.85. The predicted molar refractivity (Wildman–Crippen MR) is 73.4 cm³/mol. The zero-order chi connectivity index (χ0) is 13.9. The van der Waals surface area contributed by atoms with Crippen LogP contribution in [0.15, 0.2) is 10.8 Å². The van der Waals surface area contributed by atoms with E-state index in [0.29, 0.717) is 24.6 Å². The van der Waals surface area contributed by atoms with Gasteiger partial charge in [-0.1, -0.05) is 20.3 Å². The lowest BCUT2D eigenvalue weighted by molar-refractivity contribution is 0.455. The number of rotatable bonds is 5. The zero-order valence-corrected chi connectivity index (χ0v) is 12.4. The molecule has 5 nitrogen and oxygen atoms in total. The fraction of sp³-hybridized carbons (Fsp3) is 0.769. The van der Waals surface area contributed by atoms with Crippen molar-refractivity contribution in [3.63, 3.8) is 0 Å². The third kappa shape index (κ3) is 3.57. The van der Waals surface area contributed by atoms with Gasteiger partial charge in [0.25, 0.3) is 0 Å². The second kappa shape index (κ2) is 6.05. The molecular weight excluding hydrogens is 264 g/mol. The van der Waals surface area contributed by atoms with Crippen molar-refractivity contribution in [2.24, 2.45) is 5.92 Å². The number of nitrogens with one attached hydrogen (secondary N) is 1. The maximum Gasteiger partial charge on any atom is 0.181 e. The second-order valence-corrected chi connectivity index (χ2v) is 7.84. The van der Waals surface area contributed by atoms with Crippen molar-refractivity contribution in [2.45, 2.75) is 44.9 Å². The predicted octanol–water partition coefficient (Wildman–Crippen LogP) is 2.06. The van der Waals surface area contributed by atoms with Gasteiger partial charge in [-0.25, -0.2) is 13.4 Å². The summed E-state index contributed by atoms with van der Waals surface area (Å²) in [4.78, 5) is 4.16. The smallest absolute Gasteiger partial charge is 0.181 e. The molecule has 0 bridgehead atoms. The number of oxazole rings is 1. The lowest BCUT2D eigenvalue weighted by atomic mass is 10.1. The molecule has 2 heterocycles. The van der Waals surface area contributed by atoms with Crippen molar-refractivity contribution in [1.82, 2.24) is 10.3 Å². The van der Waals surface area contributed by atoms with Crippen LogP contribution in [0, 0.1) is 5.92 Å². The van der Waals surface area contributed by atoms with E-state index in [1.165, 1.54) is 6.39 Å². The second-order valence-electron chi connectivity index (χ2n) is 5.54. The Morgan fingerprint density at radius 2 is 2.26 bits per heavy atom. The van der Waals surface area contributed by atoms with Crippen LogP contribution in [0.5, 0.6) is 0 Å². The molecule has 1 aromatic rings. The first-order chi connectivity index (χ1) is 9.00. The molecule has 6 heteroatoms. The van der Waals surface area contributed by atoms with Crippen molar-refractivity contribution in [1.29, 1.82) is 0 Å². The SMILES string of the molecule is CC(C)CNCc1ncoc1C1CCCCS1(=O)=O. The fourth-order valence-corrected chi connectivity index (χ4v) is 4.34. The first kappa shape index (κ1) is 14.5. The van der Waals surface area contributed by atoms with Crippen molar-refractivity contribution in [2.75, 3.05) is 12.3 Å². The van der Waals surface area contributed by atoms with Crippen molar-refractivity contribution < 1.29 is 12.8 Å². The Bertz CT molecular complexity index is 508. The largest absolute Gasteiger partial charge is 0.447 e. The van der Waals surface area contributed by atoms with E-state index >= 15 is 0 Å². The summed E-state index contributed by atoms with van der Waals surface area (Å²) in [5.74, 6) is 1.35. The Morgan fingerprint density at radius 3 is 2.95 bits per heavy atom. The molecule has 0 radical (unpaired) electrons. The number of hydrogen-bond acceptors (Lipinski definition) is 5.